The van der Waals surface area contributed by atoms with Gasteiger partial charge in [0.2, 0.25) is 11.8 Å². The molecule has 0 bridgehead atoms. The number of rotatable bonds is 5. The first kappa shape index (κ1) is 21.9. The highest BCUT2D eigenvalue weighted by Gasteiger charge is 2.29. The number of nitrogens with one attached hydrogen (secondary N) is 3. The molecule has 0 radical (unpaired) electrons. The Labute approximate surface area is 184 Å². The summed E-state index contributed by atoms with van der Waals surface area (Å²) >= 11 is 0. The fourth-order valence-corrected chi connectivity index (χ4v) is 4.15. The van der Waals surface area contributed by atoms with Crippen LogP contribution in [0.5, 0.6) is 0 Å². The van der Waals surface area contributed by atoms with Crippen molar-refractivity contribution in [3.05, 3.63) is 64.9 Å². The Balaban J connectivity index is 1.38. The first-order valence-corrected chi connectivity index (χ1v) is 10.6. The lowest BCUT2D eigenvalue weighted by atomic mass is 9.96. The van der Waals surface area contributed by atoms with E-state index in [2.05, 4.69) is 20.9 Å². The van der Waals surface area contributed by atoms with E-state index in [1.54, 1.807) is 19.1 Å². The number of halogens is 2. The second-order valence-electron chi connectivity index (χ2n) is 8.10. The van der Waals surface area contributed by atoms with Crippen LogP contribution in [0.4, 0.5) is 14.6 Å². The van der Waals surface area contributed by atoms with E-state index < -0.39 is 29.6 Å². The van der Waals surface area contributed by atoms with Crippen LogP contribution in [-0.2, 0) is 16.0 Å². The fraction of sp³-hybridized carbons (Fsp3) is 0.348. The van der Waals surface area contributed by atoms with Gasteiger partial charge in [-0.15, -0.1) is 0 Å². The Morgan fingerprint density at radius 2 is 2.03 bits per heavy atom. The van der Waals surface area contributed by atoms with Crippen LogP contribution >= 0.6 is 0 Å². The van der Waals surface area contributed by atoms with Crippen LogP contribution in [-0.4, -0.2) is 35.4 Å². The molecule has 0 saturated carbocycles. The van der Waals surface area contributed by atoms with Gasteiger partial charge in [-0.3, -0.25) is 9.59 Å². The van der Waals surface area contributed by atoms with Gasteiger partial charge in [0.05, 0.1) is 6.04 Å². The van der Waals surface area contributed by atoms with Gasteiger partial charge in [-0.05, 0) is 55.5 Å². The van der Waals surface area contributed by atoms with E-state index in [9.17, 15) is 18.4 Å². The minimum absolute atomic E-state index is 0.175. The van der Waals surface area contributed by atoms with Crippen LogP contribution < -0.4 is 21.7 Å². The summed E-state index contributed by atoms with van der Waals surface area (Å²) in [6, 6.07) is 5.29. The smallest absolute Gasteiger partial charge is 0.242 e. The van der Waals surface area contributed by atoms with Gasteiger partial charge >= 0.3 is 0 Å². The number of hydrogen-bond acceptors (Lipinski definition) is 5. The van der Waals surface area contributed by atoms with Gasteiger partial charge in [0.1, 0.15) is 29.5 Å². The molecule has 2 heterocycles. The van der Waals surface area contributed by atoms with Gasteiger partial charge in [0.25, 0.3) is 0 Å². The van der Waals surface area contributed by atoms with Crippen molar-refractivity contribution in [2.45, 2.75) is 44.3 Å². The molecular weight excluding hydrogens is 416 g/mol. The van der Waals surface area contributed by atoms with E-state index in [0.717, 1.165) is 30.2 Å². The highest BCUT2D eigenvalue weighted by molar-refractivity contribution is 5.92. The van der Waals surface area contributed by atoms with Crippen LogP contribution in [0.25, 0.3) is 5.57 Å². The van der Waals surface area contributed by atoms with E-state index in [1.165, 1.54) is 12.1 Å². The minimum Gasteiger partial charge on any atom is -0.384 e. The van der Waals surface area contributed by atoms with Crippen molar-refractivity contribution in [2.75, 3.05) is 12.3 Å². The number of nitrogens with zero attached hydrogens (tertiary/aromatic N) is 1. The summed E-state index contributed by atoms with van der Waals surface area (Å²) < 4.78 is 27.3. The number of aromatic nitrogens is 1. The zero-order valence-corrected chi connectivity index (χ0v) is 17.6. The molecule has 2 aliphatic rings. The summed E-state index contributed by atoms with van der Waals surface area (Å²) in [7, 11) is 0. The van der Waals surface area contributed by atoms with E-state index in [0.29, 0.717) is 24.4 Å². The van der Waals surface area contributed by atoms with Crippen molar-refractivity contribution < 1.29 is 18.4 Å². The summed E-state index contributed by atoms with van der Waals surface area (Å²) in [4.78, 5) is 29.7. The molecule has 0 spiro atoms. The van der Waals surface area contributed by atoms with Crippen molar-refractivity contribution in [2.24, 2.45) is 0 Å². The van der Waals surface area contributed by atoms with Crippen LogP contribution in [0.1, 0.15) is 42.6 Å². The zero-order chi connectivity index (χ0) is 22.8. The van der Waals surface area contributed by atoms with Crippen molar-refractivity contribution in [3.8, 4) is 0 Å². The lowest BCUT2D eigenvalue weighted by Crippen LogP contribution is -2.52. The quantitative estimate of drug-likeness (QED) is 0.568. The average molecular weight is 441 g/mol. The maximum Gasteiger partial charge on any atom is 0.242 e. The molecule has 1 aliphatic heterocycles. The molecule has 9 heteroatoms. The topological polar surface area (TPSA) is 109 Å². The molecule has 1 aromatic carbocycles. The fourth-order valence-electron chi connectivity index (χ4n) is 4.15. The molecule has 1 aromatic heterocycles. The van der Waals surface area contributed by atoms with Gasteiger partial charge in [-0.25, -0.2) is 13.8 Å². The van der Waals surface area contributed by atoms with Crippen LogP contribution in [0.2, 0.25) is 0 Å². The Hall–Kier alpha value is -3.33. The molecule has 0 saturated heterocycles. The van der Waals surface area contributed by atoms with E-state index in [4.69, 9.17) is 5.73 Å². The van der Waals surface area contributed by atoms with Crippen molar-refractivity contribution in [1.82, 2.24) is 20.9 Å². The third-order valence-electron chi connectivity index (χ3n) is 5.83. The third kappa shape index (κ3) is 4.62. The standard InChI is InChI=1S/C23H25F2N5O2/c1-12(22(31)30-19-6-5-18-16(19)4-7-21(26)29-18)28-23(32)20-10-13(8-9-27-20)15-3-2-14(24)11-17(15)25/h2-4,7,10-12,19-20,27H,5-6,8-9H2,1H3,(H2,26,29)(H,28,32)(H,30,31)/t12-,19+,20-/m0/s1. The highest BCUT2D eigenvalue weighted by Crippen LogP contribution is 2.30. The van der Waals surface area contributed by atoms with E-state index >= 15 is 0 Å². The third-order valence-corrected chi connectivity index (χ3v) is 5.83. The summed E-state index contributed by atoms with van der Waals surface area (Å²) in [5, 5.41) is 8.71. The Bertz CT molecular complexity index is 1090. The van der Waals surface area contributed by atoms with Crippen molar-refractivity contribution in [1.29, 1.82) is 0 Å². The van der Waals surface area contributed by atoms with Gasteiger partial charge < -0.3 is 21.7 Å². The average Bonchev–Trinajstić information content (AvgIpc) is 3.15. The van der Waals surface area contributed by atoms with Gasteiger partial charge in [-0.2, -0.15) is 0 Å². The number of anilines is 1. The summed E-state index contributed by atoms with van der Waals surface area (Å²) in [5.41, 5.74) is 8.42. The summed E-state index contributed by atoms with van der Waals surface area (Å²) in [6.07, 6.45) is 3.56. The Kier molecular flexibility index (Phi) is 6.18. The molecule has 168 valence electrons. The monoisotopic (exact) mass is 441 g/mol. The number of nitrogens with two attached hydrogens (primary N) is 1. The van der Waals surface area contributed by atoms with Gasteiger partial charge in [-0.1, -0.05) is 12.1 Å². The first-order valence-electron chi connectivity index (χ1n) is 10.6. The van der Waals surface area contributed by atoms with Crippen molar-refractivity contribution in [3.63, 3.8) is 0 Å². The lowest BCUT2D eigenvalue weighted by Gasteiger charge is -2.25. The van der Waals surface area contributed by atoms with E-state index in [1.807, 2.05) is 6.07 Å². The van der Waals surface area contributed by atoms with Crippen molar-refractivity contribution >= 4 is 23.2 Å². The molecule has 32 heavy (non-hydrogen) atoms. The van der Waals surface area contributed by atoms with E-state index in [-0.39, 0.29) is 17.5 Å². The number of hydrogen-bond donors (Lipinski definition) is 4. The van der Waals surface area contributed by atoms with Crippen LogP contribution in [0.15, 0.2) is 36.4 Å². The molecule has 2 aromatic rings. The molecule has 1 aliphatic carbocycles. The number of amides is 2. The summed E-state index contributed by atoms with van der Waals surface area (Å²) in [6.45, 7) is 2.06. The molecule has 4 rings (SSSR count). The second-order valence-corrected chi connectivity index (χ2v) is 8.10. The largest absolute Gasteiger partial charge is 0.384 e. The lowest BCUT2D eigenvalue weighted by molar-refractivity contribution is -0.129. The Morgan fingerprint density at radius 1 is 1.22 bits per heavy atom. The van der Waals surface area contributed by atoms with Crippen LogP contribution in [0, 0.1) is 11.6 Å². The maximum atomic E-state index is 14.1. The number of benzene rings is 1. The number of pyridine rings is 1. The Morgan fingerprint density at radius 3 is 2.81 bits per heavy atom. The molecular formula is C23H25F2N5O2. The maximum absolute atomic E-state index is 14.1. The number of carbonyl (C=O) groups is 2. The highest BCUT2D eigenvalue weighted by atomic mass is 19.1. The molecule has 0 unspecified atom stereocenters. The number of fused-ring (bicyclic) bond motifs is 1. The number of carbonyl (C=O) groups excluding carboxylic acids is 2. The van der Waals surface area contributed by atoms with Crippen LogP contribution in [0.3, 0.4) is 0 Å². The van der Waals surface area contributed by atoms with Gasteiger partial charge in [0, 0.05) is 23.9 Å². The molecule has 3 atom stereocenters. The number of nitrogen functional groups attached to an aromatic ring is 1. The molecule has 7 nitrogen and oxygen atoms in total. The minimum atomic E-state index is -0.767. The molecule has 0 fully saturated rings. The normalized spacial score (nSPS) is 20.8. The second kappa shape index (κ2) is 9.04. The predicted molar refractivity (Wildman–Crippen MR) is 116 cm³/mol. The molecule has 5 N–H and O–H groups in total. The number of aryl methyl sites for hydroxylation is 1. The summed E-state index contributed by atoms with van der Waals surface area (Å²) in [5.74, 6) is -1.58. The SMILES string of the molecule is C[C@H](NC(=O)[C@@H]1C=C(c2ccc(F)cc2F)CCN1)C(=O)N[C@@H]1CCc2nc(N)ccc21. The first-order chi connectivity index (χ1) is 15.3. The molecule has 2 amide bonds. The zero-order valence-electron chi connectivity index (χ0n) is 17.6. The van der Waals surface area contributed by atoms with Gasteiger partial charge in [0.15, 0.2) is 0 Å². The predicted octanol–water partition coefficient (Wildman–Crippen LogP) is 2.00.